The summed E-state index contributed by atoms with van der Waals surface area (Å²) in [7, 11) is 0. The van der Waals surface area contributed by atoms with Gasteiger partial charge in [-0.15, -0.1) is 0 Å². The van der Waals surface area contributed by atoms with E-state index < -0.39 is 9.76 Å². The highest BCUT2D eigenvalue weighted by Gasteiger charge is 2.33. The lowest BCUT2D eigenvalue weighted by molar-refractivity contribution is -0.138. The van der Waals surface area contributed by atoms with Crippen LogP contribution in [0.4, 0.5) is 0 Å². The molecule has 0 saturated heterocycles. The van der Waals surface area contributed by atoms with Crippen molar-refractivity contribution in [2.45, 2.75) is 35.9 Å². The van der Waals surface area contributed by atoms with Crippen molar-refractivity contribution in [3.8, 4) is 0 Å². The van der Waals surface area contributed by atoms with E-state index >= 15 is 0 Å². The quantitative estimate of drug-likeness (QED) is 0.528. The largest absolute Gasteiger partial charge is 0.428 e. The summed E-state index contributed by atoms with van der Waals surface area (Å²) in [4.78, 5) is 11.2. The third kappa shape index (κ3) is 4.07. The molecule has 0 radical (unpaired) electrons. The molecular formula is C9H11Cl3O2. The summed E-state index contributed by atoms with van der Waals surface area (Å²) in [6.07, 6.45) is 6.83. The van der Waals surface area contributed by atoms with Gasteiger partial charge in [0.2, 0.25) is 0 Å². The van der Waals surface area contributed by atoms with E-state index in [0.29, 0.717) is 5.76 Å². The van der Waals surface area contributed by atoms with Crippen LogP contribution >= 0.6 is 34.8 Å². The summed E-state index contributed by atoms with van der Waals surface area (Å²) in [5, 5.41) is 0. The third-order valence-corrected chi connectivity index (χ3v) is 2.42. The molecule has 0 atom stereocenters. The molecule has 1 aliphatic carbocycles. The van der Waals surface area contributed by atoms with Gasteiger partial charge in [0.15, 0.2) is 0 Å². The van der Waals surface area contributed by atoms with Crippen molar-refractivity contribution in [2.24, 2.45) is 0 Å². The van der Waals surface area contributed by atoms with Crippen LogP contribution in [0, 0.1) is 0 Å². The smallest absolute Gasteiger partial charge is 0.363 e. The van der Waals surface area contributed by atoms with Gasteiger partial charge in [0, 0.05) is 6.42 Å². The second kappa shape index (κ2) is 5.24. The Morgan fingerprint density at radius 1 is 1.29 bits per heavy atom. The lowest BCUT2D eigenvalue weighted by atomic mass is 10.2. The Morgan fingerprint density at radius 3 is 2.64 bits per heavy atom. The van der Waals surface area contributed by atoms with Crippen molar-refractivity contribution in [3.05, 3.63) is 11.8 Å². The highest BCUT2D eigenvalue weighted by molar-refractivity contribution is 6.75. The van der Waals surface area contributed by atoms with Crippen molar-refractivity contribution in [3.63, 3.8) is 0 Å². The number of hydrogen-bond donors (Lipinski definition) is 0. The summed E-state index contributed by atoms with van der Waals surface area (Å²) in [6, 6.07) is 0. The third-order valence-electron chi connectivity index (χ3n) is 1.95. The number of rotatable bonds is 1. The van der Waals surface area contributed by atoms with Gasteiger partial charge in [0.05, 0.1) is 0 Å². The molecule has 0 aliphatic heterocycles. The fraction of sp³-hybridized carbons (Fsp3) is 0.667. The average molecular weight is 258 g/mol. The van der Waals surface area contributed by atoms with Crippen molar-refractivity contribution >= 4 is 40.8 Å². The van der Waals surface area contributed by atoms with E-state index in [1.165, 1.54) is 0 Å². The van der Waals surface area contributed by atoms with E-state index in [4.69, 9.17) is 39.5 Å². The number of carbonyl (C=O) groups is 1. The normalized spacial score (nSPS) is 18.4. The molecule has 0 N–H and O–H groups in total. The predicted molar refractivity (Wildman–Crippen MR) is 57.6 cm³/mol. The first kappa shape index (κ1) is 12.2. The van der Waals surface area contributed by atoms with Gasteiger partial charge in [-0.25, -0.2) is 4.79 Å². The average Bonchev–Trinajstić information content (AvgIpc) is 2.31. The van der Waals surface area contributed by atoms with E-state index in [9.17, 15) is 4.79 Å². The number of ether oxygens (including phenoxy) is 1. The molecule has 0 aromatic carbocycles. The predicted octanol–water partition coefficient (Wildman–Crippen LogP) is 3.75. The number of hydrogen-bond acceptors (Lipinski definition) is 2. The topological polar surface area (TPSA) is 26.3 Å². The van der Waals surface area contributed by atoms with Crippen LogP contribution in [0.3, 0.4) is 0 Å². The van der Waals surface area contributed by atoms with Crippen molar-refractivity contribution in [1.82, 2.24) is 0 Å². The molecule has 0 saturated carbocycles. The number of alkyl halides is 3. The Hall–Kier alpha value is 0.0800. The Balaban J connectivity index is 2.50. The van der Waals surface area contributed by atoms with Gasteiger partial charge in [-0.05, 0) is 25.3 Å². The van der Waals surface area contributed by atoms with E-state index in [1.807, 2.05) is 6.08 Å². The Kier molecular flexibility index (Phi) is 4.55. The van der Waals surface area contributed by atoms with E-state index in [2.05, 4.69) is 0 Å². The molecule has 0 aromatic heterocycles. The minimum absolute atomic E-state index is 0.624. The molecule has 1 rings (SSSR count). The lowest BCUT2D eigenvalue weighted by Crippen LogP contribution is -2.21. The number of allylic oxidation sites excluding steroid dienone is 2. The van der Waals surface area contributed by atoms with Crippen LogP contribution in [0.15, 0.2) is 11.8 Å². The molecule has 0 spiro atoms. The summed E-state index contributed by atoms with van der Waals surface area (Å²) >= 11 is 16.1. The molecule has 14 heavy (non-hydrogen) atoms. The van der Waals surface area contributed by atoms with Gasteiger partial charge in [0.25, 0.3) is 3.79 Å². The van der Waals surface area contributed by atoms with Crippen molar-refractivity contribution < 1.29 is 9.53 Å². The van der Waals surface area contributed by atoms with Gasteiger partial charge in [-0.1, -0.05) is 41.2 Å². The summed E-state index contributed by atoms with van der Waals surface area (Å²) in [6.45, 7) is 0. The van der Waals surface area contributed by atoms with E-state index in [-0.39, 0.29) is 0 Å². The van der Waals surface area contributed by atoms with Crippen LogP contribution in [0.25, 0.3) is 0 Å². The van der Waals surface area contributed by atoms with Gasteiger partial charge in [0.1, 0.15) is 5.76 Å². The second-order valence-electron chi connectivity index (χ2n) is 3.16. The molecule has 1 aliphatic rings. The molecule has 80 valence electrons. The minimum Gasteiger partial charge on any atom is -0.428 e. The van der Waals surface area contributed by atoms with Crippen molar-refractivity contribution in [1.29, 1.82) is 0 Å². The summed E-state index contributed by atoms with van der Waals surface area (Å²) in [5.74, 6) is -0.200. The molecule has 0 amide bonds. The zero-order valence-corrected chi connectivity index (χ0v) is 9.83. The van der Waals surface area contributed by atoms with Gasteiger partial charge in [-0.3, -0.25) is 0 Å². The first-order valence-corrected chi connectivity index (χ1v) is 5.61. The standard InChI is InChI=1S/C9H11Cl3O2/c10-9(11,12)8(13)14-7-5-3-1-2-4-6-7/h5H,1-4,6H2. The maximum absolute atomic E-state index is 11.2. The van der Waals surface area contributed by atoms with Crippen molar-refractivity contribution in [2.75, 3.05) is 0 Å². The van der Waals surface area contributed by atoms with Gasteiger partial charge < -0.3 is 4.74 Å². The first-order valence-electron chi connectivity index (χ1n) is 4.48. The van der Waals surface area contributed by atoms with Gasteiger partial charge >= 0.3 is 5.97 Å². The first-order chi connectivity index (χ1) is 6.50. The number of esters is 1. The SMILES string of the molecule is O=C(OC1=CCCCCC1)C(Cl)(Cl)Cl. The monoisotopic (exact) mass is 256 g/mol. The van der Waals surface area contributed by atoms with E-state index in [1.54, 1.807) is 0 Å². The molecule has 0 heterocycles. The highest BCUT2D eigenvalue weighted by Crippen LogP contribution is 2.29. The van der Waals surface area contributed by atoms with Crippen LogP contribution in [0.5, 0.6) is 0 Å². The Morgan fingerprint density at radius 2 is 2.00 bits per heavy atom. The minimum atomic E-state index is -1.98. The molecule has 0 fully saturated rings. The van der Waals surface area contributed by atoms with Crippen LogP contribution in [0.2, 0.25) is 0 Å². The van der Waals surface area contributed by atoms with Gasteiger partial charge in [-0.2, -0.15) is 0 Å². The van der Waals surface area contributed by atoms with Crippen LogP contribution < -0.4 is 0 Å². The van der Waals surface area contributed by atoms with Crippen LogP contribution in [-0.4, -0.2) is 9.76 Å². The number of carbonyl (C=O) groups excluding carboxylic acids is 1. The zero-order chi connectivity index (χ0) is 10.6. The maximum Gasteiger partial charge on any atom is 0.363 e. The number of halogens is 3. The second-order valence-corrected chi connectivity index (χ2v) is 5.44. The Labute approximate surface area is 98.1 Å². The molecule has 0 bridgehead atoms. The van der Waals surface area contributed by atoms with Crippen LogP contribution in [-0.2, 0) is 9.53 Å². The summed E-state index contributed by atoms with van der Waals surface area (Å²) in [5.41, 5.74) is 0. The maximum atomic E-state index is 11.2. The Bertz CT molecular complexity index is 243. The zero-order valence-electron chi connectivity index (χ0n) is 7.56. The molecule has 0 unspecified atom stereocenters. The molecule has 2 nitrogen and oxygen atoms in total. The highest BCUT2D eigenvalue weighted by atomic mass is 35.6. The molecule has 5 heteroatoms. The summed E-state index contributed by atoms with van der Waals surface area (Å²) < 4.78 is 2.98. The molecular weight excluding hydrogens is 246 g/mol. The van der Waals surface area contributed by atoms with E-state index in [0.717, 1.165) is 32.1 Å². The fourth-order valence-corrected chi connectivity index (χ4v) is 1.37. The lowest BCUT2D eigenvalue weighted by Gasteiger charge is -2.11. The molecule has 0 aromatic rings. The fourth-order valence-electron chi connectivity index (χ4n) is 1.26. The van der Waals surface area contributed by atoms with Crippen LogP contribution in [0.1, 0.15) is 32.1 Å².